The van der Waals surface area contributed by atoms with E-state index in [-0.39, 0.29) is 30.5 Å². The quantitative estimate of drug-likeness (QED) is 0.614. The lowest BCUT2D eigenvalue weighted by molar-refractivity contribution is 0.240. The van der Waals surface area contributed by atoms with E-state index in [0.29, 0.717) is 6.54 Å². The van der Waals surface area contributed by atoms with Crippen LogP contribution < -0.4 is 16.0 Å². The Morgan fingerprint density at radius 1 is 1.06 bits per heavy atom. The molecule has 0 spiro atoms. The molecule has 6 nitrogen and oxygen atoms in total. The Morgan fingerprint density at radius 3 is 2.35 bits per heavy atom. The summed E-state index contributed by atoms with van der Waals surface area (Å²) in [6, 6.07) is 18.5. The first-order valence-corrected chi connectivity index (χ1v) is 10.6. The van der Waals surface area contributed by atoms with E-state index in [9.17, 15) is 4.79 Å². The highest BCUT2D eigenvalue weighted by Gasteiger charge is 2.29. The minimum Gasteiger partial charge on any atom is -0.334 e. The number of amides is 2. The van der Waals surface area contributed by atoms with E-state index in [2.05, 4.69) is 22.5 Å². The van der Waals surface area contributed by atoms with Gasteiger partial charge in [0.2, 0.25) is 0 Å². The Morgan fingerprint density at radius 2 is 1.74 bits per heavy atom. The topological polar surface area (TPSA) is 76.2 Å². The zero-order valence-corrected chi connectivity index (χ0v) is 18.6. The summed E-state index contributed by atoms with van der Waals surface area (Å²) in [5.41, 5.74) is 10.3. The summed E-state index contributed by atoms with van der Waals surface area (Å²) in [4.78, 5) is 15.1. The Balaban J connectivity index is 0.00000272. The molecule has 1 aliphatic carbocycles. The van der Waals surface area contributed by atoms with E-state index in [1.165, 1.54) is 0 Å². The molecule has 2 aromatic carbocycles. The molecule has 1 aromatic heterocycles. The smallest absolute Gasteiger partial charge is 0.322 e. The molecule has 1 aliphatic rings. The third kappa shape index (κ3) is 5.66. The maximum atomic E-state index is 13.2. The van der Waals surface area contributed by atoms with Gasteiger partial charge in [0, 0.05) is 43.1 Å². The van der Waals surface area contributed by atoms with Crippen molar-refractivity contribution in [1.82, 2.24) is 15.1 Å². The number of halogens is 1. The number of rotatable bonds is 5. The number of aryl methyl sites for hydroxylation is 1. The molecule has 1 saturated carbocycles. The molecule has 4 rings (SSSR count). The van der Waals surface area contributed by atoms with Crippen molar-refractivity contribution in [3.63, 3.8) is 0 Å². The summed E-state index contributed by atoms with van der Waals surface area (Å²) in [7, 11) is 1.91. The fourth-order valence-electron chi connectivity index (χ4n) is 4.10. The fourth-order valence-corrected chi connectivity index (χ4v) is 4.10. The van der Waals surface area contributed by atoms with Crippen LogP contribution in [0, 0.1) is 0 Å². The van der Waals surface area contributed by atoms with Crippen molar-refractivity contribution in [2.24, 2.45) is 12.8 Å². The predicted octanol–water partition coefficient (Wildman–Crippen LogP) is 4.50. The molecule has 1 heterocycles. The summed E-state index contributed by atoms with van der Waals surface area (Å²) < 4.78 is 1.79. The lowest BCUT2D eigenvalue weighted by Crippen LogP contribution is -2.48. The van der Waals surface area contributed by atoms with Gasteiger partial charge in [-0.2, -0.15) is 5.10 Å². The van der Waals surface area contributed by atoms with Gasteiger partial charge >= 0.3 is 6.03 Å². The van der Waals surface area contributed by atoms with Gasteiger partial charge in [0.05, 0.1) is 6.20 Å². The number of hydrogen-bond donors (Lipinski definition) is 2. The molecular formula is C24H30ClN5O. The molecule has 0 saturated heterocycles. The molecule has 3 N–H and O–H groups in total. The Hall–Kier alpha value is -2.83. The molecule has 164 valence electrons. The minimum atomic E-state index is -0.0616. The monoisotopic (exact) mass is 439 g/mol. The maximum Gasteiger partial charge on any atom is 0.322 e. The normalized spacial score (nSPS) is 18.1. The van der Waals surface area contributed by atoms with Crippen LogP contribution in [0.25, 0.3) is 11.1 Å². The second-order valence-electron chi connectivity index (χ2n) is 8.03. The van der Waals surface area contributed by atoms with Crippen LogP contribution in [0.2, 0.25) is 0 Å². The SMILES string of the molecule is Cl.Cn1cc(-c2ccc(N(C(=O)NCc3ccccc3)C3CCC(N)CC3)cc2)cn1. The molecule has 0 radical (unpaired) electrons. The molecule has 0 unspecified atom stereocenters. The van der Waals surface area contributed by atoms with Crippen molar-refractivity contribution in [3.05, 3.63) is 72.6 Å². The van der Waals surface area contributed by atoms with Crippen LogP contribution in [0.15, 0.2) is 67.0 Å². The van der Waals surface area contributed by atoms with E-state index in [1.807, 2.05) is 66.8 Å². The van der Waals surface area contributed by atoms with E-state index in [0.717, 1.165) is 48.1 Å². The summed E-state index contributed by atoms with van der Waals surface area (Å²) >= 11 is 0. The van der Waals surface area contributed by atoms with Crippen LogP contribution >= 0.6 is 12.4 Å². The molecular weight excluding hydrogens is 410 g/mol. The second kappa shape index (κ2) is 10.5. The van der Waals surface area contributed by atoms with Gasteiger partial charge in [-0.15, -0.1) is 12.4 Å². The molecule has 2 amide bonds. The van der Waals surface area contributed by atoms with Crippen LogP contribution in [0.3, 0.4) is 0 Å². The van der Waals surface area contributed by atoms with E-state index in [1.54, 1.807) is 4.68 Å². The number of nitrogens with one attached hydrogen (secondary N) is 1. The maximum absolute atomic E-state index is 13.2. The fraction of sp³-hybridized carbons (Fsp3) is 0.333. The van der Waals surface area contributed by atoms with Gasteiger partial charge in [0.15, 0.2) is 0 Å². The van der Waals surface area contributed by atoms with Crippen molar-refractivity contribution in [1.29, 1.82) is 0 Å². The molecule has 0 atom stereocenters. The third-order valence-corrected chi connectivity index (χ3v) is 5.80. The number of anilines is 1. The van der Waals surface area contributed by atoms with E-state index < -0.39 is 0 Å². The van der Waals surface area contributed by atoms with Crippen LogP contribution in [0.4, 0.5) is 10.5 Å². The Bertz CT molecular complexity index is 965. The van der Waals surface area contributed by atoms with E-state index >= 15 is 0 Å². The Kier molecular flexibility index (Phi) is 7.71. The van der Waals surface area contributed by atoms with Crippen molar-refractivity contribution < 1.29 is 4.79 Å². The van der Waals surface area contributed by atoms with Gasteiger partial charge in [-0.3, -0.25) is 9.58 Å². The van der Waals surface area contributed by atoms with Gasteiger partial charge in [-0.05, 0) is 48.9 Å². The number of benzene rings is 2. The second-order valence-corrected chi connectivity index (χ2v) is 8.03. The summed E-state index contributed by atoms with van der Waals surface area (Å²) in [6.45, 7) is 0.510. The van der Waals surface area contributed by atoms with Crippen molar-refractivity contribution in [3.8, 4) is 11.1 Å². The van der Waals surface area contributed by atoms with Crippen LogP contribution in [0.1, 0.15) is 31.2 Å². The highest BCUT2D eigenvalue weighted by Crippen LogP contribution is 2.29. The number of carbonyl (C=O) groups is 1. The zero-order chi connectivity index (χ0) is 20.9. The number of nitrogens with two attached hydrogens (primary N) is 1. The summed E-state index contributed by atoms with van der Waals surface area (Å²) in [5.74, 6) is 0. The molecule has 3 aromatic rings. The lowest BCUT2D eigenvalue weighted by atomic mass is 9.90. The number of aromatic nitrogens is 2. The van der Waals surface area contributed by atoms with Crippen LogP contribution in [-0.2, 0) is 13.6 Å². The largest absolute Gasteiger partial charge is 0.334 e. The first-order valence-electron chi connectivity index (χ1n) is 10.6. The number of carbonyl (C=O) groups excluding carboxylic acids is 1. The average molecular weight is 440 g/mol. The van der Waals surface area contributed by atoms with Gasteiger partial charge in [0.25, 0.3) is 0 Å². The number of urea groups is 1. The highest BCUT2D eigenvalue weighted by atomic mass is 35.5. The number of nitrogens with zero attached hydrogens (tertiary/aromatic N) is 3. The Labute approximate surface area is 189 Å². The van der Waals surface area contributed by atoms with Crippen LogP contribution in [-0.4, -0.2) is 27.9 Å². The molecule has 0 bridgehead atoms. The standard InChI is InChI=1S/C24H29N5O.ClH/c1-28-17-20(16-27-28)19-7-11-22(12-8-19)29(23-13-9-21(25)10-14-23)24(30)26-15-18-5-3-2-4-6-18;/h2-8,11-12,16-17,21,23H,9-10,13-15,25H2,1H3,(H,26,30);1H. The zero-order valence-electron chi connectivity index (χ0n) is 17.8. The highest BCUT2D eigenvalue weighted by molar-refractivity contribution is 5.93. The minimum absolute atomic E-state index is 0. The molecule has 7 heteroatoms. The average Bonchev–Trinajstić information content (AvgIpc) is 3.21. The molecule has 31 heavy (non-hydrogen) atoms. The van der Waals surface area contributed by atoms with Gasteiger partial charge < -0.3 is 11.1 Å². The lowest BCUT2D eigenvalue weighted by Gasteiger charge is -2.36. The van der Waals surface area contributed by atoms with Gasteiger partial charge in [-0.25, -0.2) is 4.79 Å². The van der Waals surface area contributed by atoms with E-state index in [4.69, 9.17) is 5.73 Å². The molecule has 0 aliphatic heterocycles. The third-order valence-electron chi connectivity index (χ3n) is 5.80. The summed E-state index contributed by atoms with van der Waals surface area (Å²) in [5, 5.41) is 7.34. The first kappa shape index (κ1) is 22.8. The van der Waals surface area contributed by atoms with Crippen molar-refractivity contribution in [2.45, 2.75) is 44.3 Å². The van der Waals surface area contributed by atoms with Gasteiger partial charge in [-0.1, -0.05) is 42.5 Å². The summed E-state index contributed by atoms with van der Waals surface area (Å²) in [6.07, 6.45) is 7.57. The first-order chi connectivity index (χ1) is 14.6. The van der Waals surface area contributed by atoms with Crippen molar-refractivity contribution >= 4 is 24.1 Å². The van der Waals surface area contributed by atoms with Crippen molar-refractivity contribution in [2.75, 3.05) is 4.90 Å². The number of hydrogen-bond acceptors (Lipinski definition) is 3. The molecule has 1 fully saturated rings. The van der Waals surface area contributed by atoms with Gasteiger partial charge in [0.1, 0.15) is 0 Å². The predicted molar refractivity (Wildman–Crippen MR) is 127 cm³/mol. The van der Waals surface area contributed by atoms with Crippen LogP contribution in [0.5, 0.6) is 0 Å².